The number of allylic oxidation sites excluding steroid dienone is 1. The van der Waals surface area contributed by atoms with E-state index in [9.17, 15) is 9.59 Å². The monoisotopic (exact) mass is 487 g/mol. The average molecular weight is 488 g/mol. The number of morpholine rings is 1. The average Bonchev–Trinajstić information content (AvgIpc) is 3.47. The van der Waals surface area contributed by atoms with E-state index in [0.717, 1.165) is 30.4 Å². The minimum atomic E-state index is -0.446. The Morgan fingerprint density at radius 2 is 2.11 bits per heavy atom. The maximum Gasteiger partial charge on any atom is 0.259 e. The molecule has 10 nitrogen and oxygen atoms in total. The summed E-state index contributed by atoms with van der Waals surface area (Å²) in [6.07, 6.45) is 9.06. The molecule has 4 aromatic heterocycles. The SMILES string of the molecule is C=Cc1[nH]c2c(C(=O)NCCn3ccnc3C)c(=O)c3ccc(N4CCOCC4)nc3n2c1/C=C\C. The third-order valence-electron chi connectivity index (χ3n) is 6.43. The molecule has 0 radical (unpaired) electrons. The molecule has 4 aromatic rings. The predicted octanol–water partition coefficient (Wildman–Crippen LogP) is 2.62. The van der Waals surface area contributed by atoms with Crippen molar-refractivity contribution in [3.05, 3.63) is 70.2 Å². The van der Waals surface area contributed by atoms with Gasteiger partial charge in [0, 0.05) is 38.6 Å². The van der Waals surface area contributed by atoms with E-state index in [2.05, 4.69) is 26.8 Å². The van der Waals surface area contributed by atoms with Gasteiger partial charge in [0.2, 0.25) is 5.43 Å². The van der Waals surface area contributed by atoms with Gasteiger partial charge in [0.15, 0.2) is 5.65 Å². The van der Waals surface area contributed by atoms with Gasteiger partial charge in [-0.3, -0.25) is 14.0 Å². The molecule has 0 aromatic carbocycles. The molecular formula is C26H29N7O3. The Hall–Kier alpha value is -4.18. The van der Waals surface area contributed by atoms with Gasteiger partial charge in [0.05, 0.1) is 30.0 Å². The first-order valence-corrected chi connectivity index (χ1v) is 12.0. The molecule has 1 fully saturated rings. The summed E-state index contributed by atoms with van der Waals surface area (Å²) < 4.78 is 9.25. The zero-order valence-corrected chi connectivity index (χ0v) is 20.5. The fourth-order valence-corrected chi connectivity index (χ4v) is 4.59. The lowest BCUT2D eigenvalue weighted by molar-refractivity contribution is 0.0952. The smallest absolute Gasteiger partial charge is 0.259 e. The molecule has 5 rings (SSSR count). The van der Waals surface area contributed by atoms with Crippen molar-refractivity contribution in [2.75, 3.05) is 37.7 Å². The number of hydrogen-bond acceptors (Lipinski definition) is 6. The Kier molecular flexibility index (Phi) is 6.43. The molecule has 186 valence electrons. The number of rotatable bonds is 7. The highest BCUT2D eigenvalue weighted by molar-refractivity contribution is 6.03. The summed E-state index contributed by atoms with van der Waals surface area (Å²) in [5.41, 5.74) is 2.01. The first-order chi connectivity index (χ1) is 17.5. The van der Waals surface area contributed by atoms with Crippen LogP contribution in [0.4, 0.5) is 5.82 Å². The summed E-state index contributed by atoms with van der Waals surface area (Å²) >= 11 is 0. The minimum Gasteiger partial charge on any atom is -0.378 e. The number of amides is 1. The van der Waals surface area contributed by atoms with E-state index < -0.39 is 5.91 Å². The molecule has 0 bridgehead atoms. The van der Waals surface area contributed by atoms with Gasteiger partial charge in [-0.05, 0) is 38.1 Å². The number of imidazole rings is 2. The number of H-pyrrole nitrogens is 1. The molecule has 0 aliphatic carbocycles. The van der Waals surface area contributed by atoms with Gasteiger partial charge in [0.1, 0.15) is 22.9 Å². The van der Waals surface area contributed by atoms with Crippen molar-refractivity contribution in [1.82, 2.24) is 29.2 Å². The van der Waals surface area contributed by atoms with Crippen LogP contribution in [-0.4, -0.2) is 62.7 Å². The first kappa shape index (κ1) is 23.6. The van der Waals surface area contributed by atoms with E-state index in [-0.39, 0.29) is 11.0 Å². The second-order valence-corrected chi connectivity index (χ2v) is 8.58. The third-order valence-corrected chi connectivity index (χ3v) is 6.43. The van der Waals surface area contributed by atoms with Crippen LogP contribution in [0.15, 0.2) is 42.0 Å². The molecule has 0 saturated carbocycles. The Balaban J connectivity index is 1.64. The lowest BCUT2D eigenvalue weighted by Crippen LogP contribution is -2.37. The number of anilines is 1. The summed E-state index contributed by atoms with van der Waals surface area (Å²) in [5.74, 6) is 1.17. The van der Waals surface area contributed by atoms with Crippen molar-refractivity contribution < 1.29 is 9.53 Å². The molecule has 1 aliphatic heterocycles. The molecule has 10 heteroatoms. The zero-order chi connectivity index (χ0) is 25.2. The molecule has 0 atom stereocenters. The normalized spacial score (nSPS) is 14.2. The van der Waals surface area contributed by atoms with E-state index in [1.807, 2.05) is 47.2 Å². The van der Waals surface area contributed by atoms with Crippen molar-refractivity contribution in [3.63, 3.8) is 0 Å². The molecule has 5 heterocycles. The molecule has 0 unspecified atom stereocenters. The number of carbonyl (C=O) groups is 1. The molecule has 1 saturated heterocycles. The summed E-state index contributed by atoms with van der Waals surface area (Å²) in [5, 5.41) is 3.27. The van der Waals surface area contributed by atoms with Crippen LogP contribution < -0.4 is 15.6 Å². The Labute approximate surface area is 207 Å². The quantitative estimate of drug-likeness (QED) is 0.415. The first-order valence-electron chi connectivity index (χ1n) is 12.0. The molecule has 2 N–H and O–H groups in total. The highest BCUT2D eigenvalue weighted by Crippen LogP contribution is 2.25. The molecule has 0 spiro atoms. The van der Waals surface area contributed by atoms with Crippen molar-refractivity contribution in [3.8, 4) is 0 Å². The number of aromatic amines is 1. The lowest BCUT2D eigenvalue weighted by Gasteiger charge is -2.28. The Morgan fingerprint density at radius 1 is 1.31 bits per heavy atom. The van der Waals surface area contributed by atoms with Crippen molar-refractivity contribution in [2.45, 2.75) is 20.4 Å². The van der Waals surface area contributed by atoms with Crippen LogP contribution >= 0.6 is 0 Å². The number of pyridine rings is 2. The van der Waals surface area contributed by atoms with Crippen LogP contribution in [0.2, 0.25) is 0 Å². The van der Waals surface area contributed by atoms with E-state index in [0.29, 0.717) is 48.7 Å². The van der Waals surface area contributed by atoms with Gasteiger partial charge < -0.3 is 24.5 Å². The Bertz CT molecular complexity index is 1540. The van der Waals surface area contributed by atoms with Gasteiger partial charge in [-0.1, -0.05) is 12.7 Å². The topological polar surface area (TPSA) is 110 Å². The molecule has 36 heavy (non-hydrogen) atoms. The fourth-order valence-electron chi connectivity index (χ4n) is 4.59. The predicted molar refractivity (Wildman–Crippen MR) is 140 cm³/mol. The van der Waals surface area contributed by atoms with Gasteiger partial charge in [-0.15, -0.1) is 0 Å². The van der Waals surface area contributed by atoms with Gasteiger partial charge in [-0.25, -0.2) is 9.97 Å². The minimum absolute atomic E-state index is 0.0460. The zero-order valence-electron chi connectivity index (χ0n) is 20.5. The molecule has 1 amide bonds. The number of nitrogens with one attached hydrogen (secondary N) is 2. The van der Waals surface area contributed by atoms with Crippen LogP contribution in [-0.2, 0) is 11.3 Å². The number of ether oxygens (including phenoxy) is 1. The van der Waals surface area contributed by atoms with Gasteiger partial charge in [-0.2, -0.15) is 0 Å². The number of aromatic nitrogens is 5. The van der Waals surface area contributed by atoms with Crippen LogP contribution in [0, 0.1) is 6.92 Å². The Morgan fingerprint density at radius 3 is 2.81 bits per heavy atom. The number of hydrogen-bond donors (Lipinski definition) is 2. The highest BCUT2D eigenvalue weighted by atomic mass is 16.5. The van der Waals surface area contributed by atoms with Crippen LogP contribution in [0.1, 0.15) is 34.5 Å². The van der Waals surface area contributed by atoms with E-state index >= 15 is 0 Å². The number of aryl methyl sites for hydroxylation is 1. The summed E-state index contributed by atoms with van der Waals surface area (Å²) in [6, 6.07) is 3.59. The van der Waals surface area contributed by atoms with E-state index in [4.69, 9.17) is 9.72 Å². The van der Waals surface area contributed by atoms with Crippen LogP contribution in [0.25, 0.3) is 28.8 Å². The van der Waals surface area contributed by atoms with Crippen molar-refractivity contribution in [2.24, 2.45) is 0 Å². The van der Waals surface area contributed by atoms with Crippen LogP contribution in [0.3, 0.4) is 0 Å². The molecular weight excluding hydrogens is 458 g/mol. The van der Waals surface area contributed by atoms with E-state index in [1.165, 1.54) is 0 Å². The second-order valence-electron chi connectivity index (χ2n) is 8.58. The number of carbonyl (C=O) groups excluding carboxylic acids is 1. The highest BCUT2D eigenvalue weighted by Gasteiger charge is 2.24. The summed E-state index contributed by atoms with van der Waals surface area (Å²) in [6.45, 7) is 11.3. The number of nitrogens with zero attached hydrogens (tertiary/aromatic N) is 5. The van der Waals surface area contributed by atoms with Gasteiger partial charge >= 0.3 is 0 Å². The fraction of sp³-hybridized carbons (Fsp3) is 0.308. The van der Waals surface area contributed by atoms with Crippen molar-refractivity contribution >= 4 is 40.6 Å². The summed E-state index contributed by atoms with van der Waals surface area (Å²) in [4.78, 5) is 41.5. The second kappa shape index (κ2) is 9.82. The summed E-state index contributed by atoms with van der Waals surface area (Å²) in [7, 11) is 0. The largest absolute Gasteiger partial charge is 0.378 e. The lowest BCUT2D eigenvalue weighted by atomic mass is 10.1. The maximum absolute atomic E-state index is 13.7. The maximum atomic E-state index is 13.7. The van der Waals surface area contributed by atoms with E-state index in [1.54, 1.807) is 18.3 Å². The van der Waals surface area contributed by atoms with Gasteiger partial charge in [0.25, 0.3) is 5.91 Å². The van der Waals surface area contributed by atoms with Crippen LogP contribution in [0.5, 0.6) is 0 Å². The van der Waals surface area contributed by atoms with Crippen molar-refractivity contribution in [1.29, 1.82) is 0 Å². The third kappa shape index (κ3) is 4.09. The number of fused-ring (bicyclic) bond motifs is 3. The standard InChI is InChI=1S/C26H29N7O3/c1-4-6-20-19(5-2)29-25-22(26(35)28-10-12-31-11-9-27-17(31)3)23(34)18-7-8-21(30-24(18)33(20)25)32-13-15-36-16-14-32/h4-9,11,29H,2,10,12-16H2,1,3H3,(H,28,35)/b6-4-. The molecule has 1 aliphatic rings.